The van der Waals surface area contributed by atoms with Crippen LogP contribution < -0.4 is 10.1 Å². The molecular formula is C12H17Cl2NO. The predicted octanol–water partition coefficient (Wildman–Crippen LogP) is 3.54. The fraction of sp³-hybridized carbons (Fsp3) is 0.500. The molecule has 0 fully saturated rings. The maximum absolute atomic E-state index is 6.12. The zero-order chi connectivity index (χ0) is 12.0. The smallest absolute Gasteiger partial charge is 0.141 e. The monoisotopic (exact) mass is 261 g/mol. The Morgan fingerprint density at radius 3 is 2.69 bits per heavy atom. The lowest BCUT2D eigenvalue weighted by molar-refractivity contribution is 0.314. The molecule has 4 heteroatoms. The van der Waals surface area contributed by atoms with E-state index in [4.69, 9.17) is 27.9 Å². The van der Waals surface area contributed by atoms with E-state index in [0.29, 0.717) is 16.7 Å². The van der Waals surface area contributed by atoms with Crippen molar-refractivity contribution in [3.05, 3.63) is 27.7 Å². The Hall–Kier alpha value is -0.440. The number of hydrogen-bond donors (Lipinski definition) is 1. The zero-order valence-corrected chi connectivity index (χ0v) is 11.2. The van der Waals surface area contributed by atoms with Crippen LogP contribution in [0.1, 0.15) is 18.9 Å². The van der Waals surface area contributed by atoms with Gasteiger partial charge >= 0.3 is 0 Å². The SMILES string of the molecule is CCCOc1c(Cl)cc(Cl)cc1CCNC. The standard InChI is InChI=1S/C12H17Cl2NO/c1-3-6-16-12-9(4-5-15-2)7-10(13)8-11(12)14/h7-8,15H,3-6H2,1-2H3. The van der Waals surface area contributed by atoms with Crippen LogP contribution in [0, 0.1) is 0 Å². The summed E-state index contributed by atoms with van der Waals surface area (Å²) in [4.78, 5) is 0. The largest absolute Gasteiger partial charge is 0.492 e. The number of ether oxygens (including phenoxy) is 1. The van der Waals surface area contributed by atoms with Crippen molar-refractivity contribution >= 4 is 23.2 Å². The molecule has 0 aliphatic rings. The van der Waals surface area contributed by atoms with Gasteiger partial charge in [-0.1, -0.05) is 30.1 Å². The molecule has 1 aromatic rings. The van der Waals surface area contributed by atoms with E-state index in [-0.39, 0.29) is 0 Å². The molecule has 0 saturated carbocycles. The summed E-state index contributed by atoms with van der Waals surface area (Å²) in [7, 11) is 1.92. The number of benzene rings is 1. The lowest BCUT2D eigenvalue weighted by atomic mass is 10.1. The number of likely N-dealkylation sites (N-methyl/N-ethyl adjacent to an activating group) is 1. The van der Waals surface area contributed by atoms with E-state index in [1.54, 1.807) is 6.07 Å². The Morgan fingerprint density at radius 2 is 2.06 bits per heavy atom. The molecule has 1 N–H and O–H groups in total. The first-order chi connectivity index (χ1) is 7.69. The molecular weight excluding hydrogens is 245 g/mol. The molecule has 0 aliphatic heterocycles. The van der Waals surface area contributed by atoms with Crippen LogP contribution in [0.3, 0.4) is 0 Å². The van der Waals surface area contributed by atoms with Crippen molar-refractivity contribution in [2.75, 3.05) is 20.2 Å². The third kappa shape index (κ3) is 3.85. The van der Waals surface area contributed by atoms with Crippen LogP contribution in [-0.2, 0) is 6.42 Å². The molecule has 0 unspecified atom stereocenters. The first kappa shape index (κ1) is 13.6. The highest BCUT2D eigenvalue weighted by molar-refractivity contribution is 6.35. The summed E-state index contributed by atoms with van der Waals surface area (Å²) in [5, 5.41) is 4.34. The van der Waals surface area contributed by atoms with Crippen LogP contribution in [0.2, 0.25) is 10.0 Å². The van der Waals surface area contributed by atoms with Gasteiger partial charge < -0.3 is 10.1 Å². The fourth-order valence-corrected chi connectivity index (χ4v) is 2.01. The van der Waals surface area contributed by atoms with Crippen molar-refractivity contribution in [1.82, 2.24) is 5.32 Å². The summed E-state index contributed by atoms with van der Waals surface area (Å²) < 4.78 is 5.65. The lowest BCUT2D eigenvalue weighted by Crippen LogP contribution is -2.11. The summed E-state index contributed by atoms with van der Waals surface area (Å²) in [5.41, 5.74) is 1.06. The molecule has 2 nitrogen and oxygen atoms in total. The van der Waals surface area contributed by atoms with Crippen LogP contribution in [-0.4, -0.2) is 20.2 Å². The second-order valence-electron chi connectivity index (χ2n) is 3.58. The minimum absolute atomic E-state index is 0.590. The number of nitrogens with one attached hydrogen (secondary N) is 1. The van der Waals surface area contributed by atoms with E-state index < -0.39 is 0 Å². The normalized spacial score (nSPS) is 10.5. The molecule has 16 heavy (non-hydrogen) atoms. The van der Waals surface area contributed by atoms with Gasteiger partial charge in [-0.2, -0.15) is 0 Å². The highest BCUT2D eigenvalue weighted by Crippen LogP contribution is 2.32. The summed E-state index contributed by atoms with van der Waals surface area (Å²) >= 11 is 12.1. The van der Waals surface area contributed by atoms with Crippen molar-refractivity contribution in [3.63, 3.8) is 0 Å². The lowest BCUT2D eigenvalue weighted by Gasteiger charge is -2.13. The van der Waals surface area contributed by atoms with Gasteiger partial charge in [0.25, 0.3) is 0 Å². The fourth-order valence-electron chi connectivity index (χ4n) is 1.42. The second-order valence-corrected chi connectivity index (χ2v) is 4.42. The first-order valence-electron chi connectivity index (χ1n) is 5.44. The average Bonchev–Trinajstić information content (AvgIpc) is 2.24. The van der Waals surface area contributed by atoms with Crippen LogP contribution in [0.15, 0.2) is 12.1 Å². The molecule has 0 bridgehead atoms. The van der Waals surface area contributed by atoms with E-state index >= 15 is 0 Å². The Labute approximate surface area is 107 Å². The van der Waals surface area contributed by atoms with Gasteiger partial charge in [0.2, 0.25) is 0 Å². The summed E-state index contributed by atoms with van der Waals surface area (Å²) in [6.45, 7) is 3.62. The van der Waals surface area contributed by atoms with E-state index in [1.165, 1.54) is 0 Å². The van der Waals surface area contributed by atoms with Crippen LogP contribution in [0.5, 0.6) is 5.75 Å². The molecule has 0 heterocycles. The molecule has 0 radical (unpaired) electrons. The highest BCUT2D eigenvalue weighted by Gasteiger charge is 2.10. The van der Waals surface area contributed by atoms with Crippen molar-refractivity contribution in [2.24, 2.45) is 0 Å². The Morgan fingerprint density at radius 1 is 1.31 bits per heavy atom. The average molecular weight is 262 g/mol. The van der Waals surface area contributed by atoms with E-state index in [2.05, 4.69) is 12.2 Å². The van der Waals surface area contributed by atoms with Crippen LogP contribution in [0.25, 0.3) is 0 Å². The summed E-state index contributed by atoms with van der Waals surface area (Å²) in [6.07, 6.45) is 1.82. The Kier molecular flexibility index (Phi) is 5.96. The van der Waals surface area contributed by atoms with E-state index in [9.17, 15) is 0 Å². The maximum Gasteiger partial charge on any atom is 0.141 e. The van der Waals surface area contributed by atoms with Gasteiger partial charge in [0, 0.05) is 5.02 Å². The second kappa shape index (κ2) is 7.00. The van der Waals surface area contributed by atoms with Gasteiger partial charge in [0.05, 0.1) is 11.6 Å². The van der Waals surface area contributed by atoms with E-state index in [1.807, 2.05) is 13.1 Å². The summed E-state index contributed by atoms with van der Waals surface area (Å²) in [6, 6.07) is 3.63. The molecule has 0 aliphatic carbocycles. The molecule has 0 atom stereocenters. The number of hydrogen-bond acceptors (Lipinski definition) is 2. The van der Waals surface area contributed by atoms with Crippen molar-refractivity contribution in [1.29, 1.82) is 0 Å². The van der Waals surface area contributed by atoms with Gasteiger partial charge in [0.1, 0.15) is 5.75 Å². The van der Waals surface area contributed by atoms with Crippen molar-refractivity contribution < 1.29 is 4.74 Å². The van der Waals surface area contributed by atoms with Gasteiger partial charge in [-0.05, 0) is 44.1 Å². The first-order valence-corrected chi connectivity index (χ1v) is 6.20. The molecule has 0 aromatic heterocycles. The molecule has 1 aromatic carbocycles. The highest BCUT2D eigenvalue weighted by atomic mass is 35.5. The number of halogens is 2. The van der Waals surface area contributed by atoms with Gasteiger partial charge in [-0.15, -0.1) is 0 Å². The van der Waals surface area contributed by atoms with E-state index in [0.717, 1.165) is 30.7 Å². The molecule has 1 rings (SSSR count). The molecule has 0 amide bonds. The topological polar surface area (TPSA) is 21.3 Å². The minimum atomic E-state index is 0.590. The third-order valence-electron chi connectivity index (χ3n) is 2.18. The van der Waals surface area contributed by atoms with Gasteiger partial charge in [-0.25, -0.2) is 0 Å². The van der Waals surface area contributed by atoms with Gasteiger partial charge in [-0.3, -0.25) is 0 Å². The Bertz CT molecular complexity index is 342. The van der Waals surface area contributed by atoms with Crippen LogP contribution in [0.4, 0.5) is 0 Å². The quantitative estimate of drug-likeness (QED) is 0.846. The maximum atomic E-state index is 6.12. The predicted molar refractivity (Wildman–Crippen MR) is 69.9 cm³/mol. The summed E-state index contributed by atoms with van der Waals surface area (Å²) in [5.74, 6) is 0.767. The minimum Gasteiger partial charge on any atom is -0.492 e. The zero-order valence-electron chi connectivity index (χ0n) is 9.65. The molecule has 0 saturated heterocycles. The molecule has 0 spiro atoms. The van der Waals surface area contributed by atoms with Crippen LogP contribution >= 0.6 is 23.2 Å². The third-order valence-corrected chi connectivity index (χ3v) is 2.68. The van der Waals surface area contributed by atoms with Gasteiger partial charge in [0.15, 0.2) is 0 Å². The molecule has 90 valence electrons. The number of rotatable bonds is 6. The Balaban J connectivity index is 2.91. The van der Waals surface area contributed by atoms with Crippen molar-refractivity contribution in [2.45, 2.75) is 19.8 Å². The van der Waals surface area contributed by atoms with Crippen molar-refractivity contribution in [3.8, 4) is 5.75 Å².